The standard InChI is InChI=1S/C21H24N2S/c1-15-7-8-17(16(2)13-15)21(23-11-9-22-10-12-23)19-14-24-20-6-4-3-5-18(19)20/h3-8,13-14,21-22H,9-12H2,1-2H3. The quantitative estimate of drug-likeness (QED) is 0.757. The minimum absolute atomic E-state index is 0.351. The maximum absolute atomic E-state index is 3.49. The molecule has 0 aliphatic carbocycles. The van der Waals surface area contributed by atoms with E-state index >= 15 is 0 Å². The number of piperazine rings is 1. The molecule has 1 aliphatic heterocycles. The molecule has 0 spiro atoms. The highest BCUT2D eigenvalue weighted by Crippen LogP contribution is 2.38. The van der Waals surface area contributed by atoms with E-state index in [1.807, 2.05) is 11.3 Å². The second-order valence-corrected chi connectivity index (χ2v) is 7.65. The van der Waals surface area contributed by atoms with E-state index in [4.69, 9.17) is 0 Å². The van der Waals surface area contributed by atoms with Crippen LogP contribution in [0.1, 0.15) is 28.3 Å². The number of benzene rings is 2. The SMILES string of the molecule is Cc1ccc(C(c2csc3ccccc23)N2CCNCC2)c(C)c1. The van der Waals surface area contributed by atoms with Crippen molar-refractivity contribution in [3.63, 3.8) is 0 Å². The molecule has 3 heteroatoms. The Morgan fingerprint density at radius 3 is 2.58 bits per heavy atom. The van der Waals surface area contributed by atoms with E-state index in [2.05, 4.69) is 71.9 Å². The molecule has 1 N–H and O–H groups in total. The number of fused-ring (bicyclic) bond motifs is 1. The average molecular weight is 337 g/mol. The zero-order valence-corrected chi connectivity index (χ0v) is 15.2. The second kappa shape index (κ2) is 6.67. The Hall–Kier alpha value is -1.68. The lowest BCUT2D eigenvalue weighted by Gasteiger charge is -2.36. The molecule has 1 unspecified atom stereocenters. The van der Waals surface area contributed by atoms with E-state index in [1.165, 1.54) is 32.3 Å². The number of nitrogens with zero attached hydrogens (tertiary/aromatic N) is 1. The molecule has 1 atom stereocenters. The largest absolute Gasteiger partial charge is 0.314 e. The van der Waals surface area contributed by atoms with Gasteiger partial charge in [-0.3, -0.25) is 4.90 Å². The molecule has 1 aliphatic rings. The van der Waals surface area contributed by atoms with E-state index in [0.717, 1.165) is 26.2 Å². The van der Waals surface area contributed by atoms with Gasteiger partial charge in [-0.25, -0.2) is 0 Å². The summed E-state index contributed by atoms with van der Waals surface area (Å²) in [4.78, 5) is 2.64. The van der Waals surface area contributed by atoms with Crippen molar-refractivity contribution in [3.8, 4) is 0 Å². The van der Waals surface area contributed by atoms with Crippen LogP contribution in [0.25, 0.3) is 10.1 Å². The van der Waals surface area contributed by atoms with Gasteiger partial charge < -0.3 is 5.32 Å². The summed E-state index contributed by atoms with van der Waals surface area (Å²) >= 11 is 1.87. The van der Waals surface area contributed by atoms with Gasteiger partial charge in [0.25, 0.3) is 0 Å². The molecule has 2 aromatic carbocycles. The molecule has 1 saturated heterocycles. The smallest absolute Gasteiger partial charge is 0.0619 e. The van der Waals surface area contributed by atoms with Crippen molar-refractivity contribution in [1.82, 2.24) is 10.2 Å². The monoisotopic (exact) mass is 336 g/mol. The van der Waals surface area contributed by atoms with Gasteiger partial charge in [0.1, 0.15) is 0 Å². The summed E-state index contributed by atoms with van der Waals surface area (Å²) < 4.78 is 1.39. The summed E-state index contributed by atoms with van der Waals surface area (Å²) in [5.41, 5.74) is 5.65. The Kier molecular flexibility index (Phi) is 4.40. The molecular formula is C21H24N2S. The number of hydrogen-bond donors (Lipinski definition) is 1. The molecule has 2 nitrogen and oxygen atoms in total. The summed E-state index contributed by atoms with van der Waals surface area (Å²) in [6.45, 7) is 8.78. The summed E-state index contributed by atoms with van der Waals surface area (Å²) in [5, 5.41) is 7.27. The number of rotatable bonds is 3. The summed E-state index contributed by atoms with van der Waals surface area (Å²) in [7, 11) is 0. The number of hydrogen-bond acceptors (Lipinski definition) is 3. The average Bonchev–Trinajstić information content (AvgIpc) is 3.02. The molecule has 1 fully saturated rings. The van der Waals surface area contributed by atoms with Gasteiger partial charge in [0.05, 0.1) is 6.04 Å². The van der Waals surface area contributed by atoms with Gasteiger partial charge in [-0.05, 0) is 47.4 Å². The zero-order chi connectivity index (χ0) is 16.5. The molecule has 2 heterocycles. The van der Waals surface area contributed by atoms with Gasteiger partial charge in [-0.2, -0.15) is 0 Å². The van der Waals surface area contributed by atoms with Gasteiger partial charge in [0.15, 0.2) is 0 Å². The lowest BCUT2D eigenvalue weighted by atomic mass is 9.92. The predicted octanol–water partition coefficient (Wildman–Crippen LogP) is 4.51. The molecule has 1 aromatic heterocycles. The molecular weight excluding hydrogens is 312 g/mol. The fourth-order valence-corrected chi connectivity index (χ4v) is 4.82. The third kappa shape index (κ3) is 2.88. The normalized spacial score (nSPS) is 17.2. The van der Waals surface area contributed by atoms with Gasteiger partial charge in [0, 0.05) is 30.9 Å². The van der Waals surface area contributed by atoms with Crippen molar-refractivity contribution in [2.24, 2.45) is 0 Å². The van der Waals surface area contributed by atoms with Crippen LogP contribution in [0.5, 0.6) is 0 Å². The van der Waals surface area contributed by atoms with Crippen LogP contribution in [0, 0.1) is 13.8 Å². The van der Waals surface area contributed by atoms with Crippen LogP contribution < -0.4 is 5.32 Å². The highest BCUT2D eigenvalue weighted by molar-refractivity contribution is 7.17. The molecule has 124 valence electrons. The molecule has 0 saturated carbocycles. The van der Waals surface area contributed by atoms with Crippen LogP contribution >= 0.6 is 11.3 Å². The third-order valence-electron chi connectivity index (χ3n) is 5.04. The summed E-state index contributed by atoms with van der Waals surface area (Å²) in [5.74, 6) is 0. The predicted molar refractivity (Wildman–Crippen MR) is 104 cm³/mol. The fourth-order valence-electron chi connectivity index (χ4n) is 3.84. The Balaban J connectivity index is 1.86. The van der Waals surface area contributed by atoms with Gasteiger partial charge in [0.2, 0.25) is 0 Å². The molecule has 3 aromatic rings. The van der Waals surface area contributed by atoms with Crippen molar-refractivity contribution in [3.05, 3.63) is 70.1 Å². The van der Waals surface area contributed by atoms with Gasteiger partial charge >= 0.3 is 0 Å². The minimum Gasteiger partial charge on any atom is -0.314 e. The highest BCUT2D eigenvalue weighted by atomic mass is 32.1. The fraction of sp³-hybridized carbons (Fsp3) is 0.333. The minimum atomic E-state index is 0.351. The van der Waals surface area contributed by atoms with E-state index < -0.39 is 0 Å². The Morgan fingerprint density at radius 2 is 1.79 bits per heavy atom. The van der Waals surface area contributed by atoms with E-state index in [0.29, 0.717) is 6.04 Å². The van der Waals surface area contributed by atoms with Gasteiger partial charge in [-0.1, -0.05) is 42.0 Å². The Morgan fingerprint density at radius 1 is 1.00 bits per heavy atom. The zero-order valence-electron chi connectivity index (χ0n) is 14.4. The van der Waals surface area contributed by atoms with Crippen LogP contribution in [-0.4, -0.2) is 31.1 Å². The van der Waals surface area contributed by atoms with Crippen molar-refractivity contribution >= 4 is 21.4 Å². The second-order valence-electron chi connectivity index (χ2n) is 6.74. The summed E-state index contributed by atoms with van der Waals surface area (Å²) in [6.07, 6.45) is 0. The summed E-state index contributed by atoms with van der Waals surface area (Å²) in [6, 6.07) is 16.1. The van der Waals surface area contributed by atoms with Crippen molar-refractivity contribution in [2.45, 2.75) is 19.9 Å². The van der Waals surface area contributed by atoms with Crippen LogP contribution in [-0.2, 0) is 0 Å². The van der Waals surface area contributed by atoms with Crippen molar-refractivity contribution in [2.75, 3.05) is 26.2 Å². The molecule has 0 radical (unpaired) electrons. The van der Waals surface area contributed by atoms with Crippen LogP contribution in [0.15, 0.2) is 47.8 Å². The molecule has 0 amide bonds. The number of thiophene rings is 1. The number of aryl methyl sites for hydroxylation is 2. The third-order valence-corrected chi connectivity index (χ3v) is 6.02. The van der Waals surface area contributed by atoms with Crippen LogP contribution in [0.4, 0.5) is 0 Å². The Labute approximate surface area is 148 Å². The van der Waals surface area contributed by atoms with Crippen LogP contribution in [0.3, 0.4) is 0 Å². The molecule has 4 rings (SSSR count). The van der Waals surface area contributed by atoms with E-state index in [-0.39, 0.29) is 0 Å². The van der Waals surface area contributed by atoms with Crippen LogP contribution in [0.2, 0.25) is 0 Å². The lowest BCUT2D eigenvalue weighted by Crippen LogP contribution is -2.45. The first-order valence-electron chi connectivity index (χ1n) is 8.72. The molecule has 24 heavy (non-hydrogen) atoms. The van der Waals surface area contributed by atoms with E-state index in [9.17, 15) is 0 Å². The first-order valence-corrected chi connectivity index (χ1v) is 9.60. The number of nitrogens with one attached hydrogen (secondary N) is 1. The van der Waals surface area contributed by atoms with Crippen molar-refractivity contribution in [1.29, 1.82) is 0 Å². The molecule has 0 bridgehead atoms. The highest BCUT2D eigenvalue weighted by Gasteiger charge is 2.27. The lowest BCUT2D eigenvalue weighted by molar-refractivity contribution is 0.199. The topological polar surface area (TPSA) is 15.3 Å². The Bertz CT molecular complexity index is 846. The van der Waals surface area contributed by atoms with Crippen molar-refractivity contribution < 1.29 is 0 Å². The maximum Gasteiger partial charge on any atom is 0.0619 e. The first kappa shape index (κ1) is 15.8. The first-order chi connectivity index (χ1) is 11.7. The van der Waals surface area contributed by atoms with Gasteiger partial charge in [-0.15, -0.1) is 11.3 Å². The maximum atomic E-state index is 3.49. The van der Waals surface area contributed by atoms with E-state index in [1.54, 1.807) is 0 Å².